The van der Waals surface area contributed by atoms with Crippen molar-refractivity contribution in [2.45, 2.75) is 13.3 Å². The number of rotatable bonds is 1. The number of nitrogens with zero attached hydrogens (tertiary/aromatic N) is 1. The van der Waals surface area contributed by atoms with E-state index in [4.69, 9.17) is 5.11 Å². The lowest BCUT2D eigenvalue weighted by Gasteiger charge is -2.05. The molecule has 0 aromatic carbocycles. The number of alkyl halides is 2. The monoisotopic (exact) mass is 285 g/mol. The molecule has 0 aliphatic rings. The van der Waals surface area contributed by atoms with E-state index >= 15 is 0 Å². The third-order valence-corrected chi connectivity index (χ3v) is 2.22. The van der Waals surface area contributed by atoms with Crippen LogP contribution < -0.4 is 0 Å². The Morgan fingerprint density at radius 3 is 2.67 bits per heavy atom. The number of pyridine rings is 1. The van der Waals surface area contributed by atoms with Gasteiger partial charge in [-0.1, -0.05) is 0 Å². The van der Waals surface area contributed by atoms with Crippen LogP contribution in [0.4, 0.5) is 8.78 Å². The summed E-state index contributed by atoms with van der Waals surface area (Å²) in [6.45, 7) is 1.49. The Morgan fingerprint density at radius 1 is 1.58 bits per heavy atom. The second kappa shape index (κ2) is 3.51. The van der Waals surface area contributed by atoms with Crippen molar-refractivity contribution in [1.82, 2.24) is 4.98 Å². The highest BCUT2D eigenvalue weighted by Gasteiger charge is 2.14. The van der Waals surface area contributed by atoms with Gasteiger partial charge in [-0.05, 0) is 35.6 Å². The predicted octanol–water partition coefficient (Wildman–Crippen LogP) is 2.64. The lowest BCUT2D eigenvalue weighted by molar-refractivity contribution is 0.149. The molecule has 0 bridgehead atoms. The van der Waals surface area contributed by atoms with E-state index in [0.29, 0.717) is 3.70 Å². The first-order chi connectivity index (χ1) is 5.52. The predicted molar refractivity (Wildman–Crippen MR) is 48.3 cm³/mol. The molecule has 12 heavy (non-hydrogen) atoms. The molecule has 66 valence electrons. The van der Waals surface area contributed by atoms with Crippen molar-refractivity contribution < 1.29 is 13.9 Å². The maximum absolute atomic E-state index is 12.2. The molecule has 1 heterocycles. The van der Waals surface area contributed by atoms with Crippen LogP contribution in [0, 0.1) is 10.6 Å². The summed E-state index contributed by atoms with van der Waals surface area (Å²) in [6.07, 6.45) is -2.58. The first kappa shape index (κ1) is 9.63. The number of halogens is 3. The second-order valence-electron chi connectivity index (χ2n) is 2.27. The van der Waals surface area contributed by atoms with Gasteiger partial charge in [0.25, 0.3) is 6.43 Å². The molecule has 0 atom stereocenters. The standard InChI is InChI=1S/C7H6F2INO/c1-3-4(6(8)9)2-5(12)7(10)11-3/h2,6,12H,1H3. The third-order valence-electron chi connectivity index (χ3n) is 1.42. The zero-order valence-corrected chi connectivity index (χ0v) is 8.34. The van der Waals surface area contributed by atoms with Crippen LogP contribution >= 0.6 is 22.6 Å². The highest BCUT2D eigenvalue weighted by Crippen LogP contribution is 2.27. The smallest absolute Gasteiger partial charge is 0.265 e. The minimum Gasteiger partial charge on any atom is -0.505 e. The van der Waals surface area contributed by atoms with Gasteiger partial charge in [0.1, 0.15) is 9.45 Å². The van der Waals surface area contributed by atoms with Crippen LogP contribution in [0.15, 0.2) is 6.07 Å². The largest absolute Gasteiger partial charge is 0.505 e. The molecular weight excluding hydrogens is 279 g/mol. The van der Waals surface area contributed by atoms with Crippen molar-refractivity contribution in [3.05, 3.63) is 21.0 Å². The van der Waals surface area contributed by atoms with Crippen molar-refractivity contribution in [1.29, 1.82) is 0 Å². The van der Waals surface area contributed by atoms with Gasteiger partial charge in [0, 0.05) is 11.3 Å². The van der Waals surface area contributed by atoms with E-state index in [2.05, 4.69) is 4.98 Å². The van der Waals surface area contributed by atoms with Gasteiger partial charge in [0.15, 0.2) is 0 Å². The summed E-state index contributed by atoms with van der Waals surface area (Å²) in [5.74, 6) is -0.198. The Labute approximate surface area is 81.8 Å². The maximum Gasteiger partial charge on any atom is 0.265 e. The van der Waals surface area contributed by atoms with E-state index in [1.54, 1.807) is 22.6 Å². The summed E-state index contributed by atoms with van der Waals surface area (Å²) in [5, 5.41) is 9.07. The minimum absolute atomic E-state index is 0.198. The Bertz CT molecular complexity index is 304. The van der Waals surface area contributed by atoms with E-state index in [1.807, 2.05) is 0 Å². The van der Waals surface area contributed by atoms with Crippen LogP contribution in [0.5, 0.6) is 5.75 Å². The maximum atomic E-state index is 12.2. The van der Waals surface area contributed by atoms with Gasteiger partial charge in [0.05, 0.1) is 0 Å². The minimum atomic E-state index is -2.58. The molecule has 2 nitrogen and oxygen atoms in total. The molecule has 1 rings (SSSR count). The zero-order chi connectivity index (χ0) is 9.30. The number of hydrogen-bond donors (Lipinski definition) is 1. The van der Waals surface area contributed by atoms with Gasteiger partial charge in [-0.2, -0.15) is 0 Å². The quantitative estimate of drug-likeness (QED) is 0.635. The van der Waals surface area contributed by atoms with E-state index in [0.717, 1.165) is 6.07 Å². The molecule has 1 N–H and O–H groups in total. The van der Waals surface area contributed by atoms with Crippen LogP contribution in [0.1, 0.15) is 17.7 Å². The summed E-state index contributed by atoms with van der Waals surface area (Å²) < 4.78 is 24.7. The first-order valence-electron chi connectivity index (χ1n) is 3.16. The molecule has 0 saturated heterocycles. The molecule has 1 aromatic rings. The first-order valence-corrected chi connectivity index (χ1v) is 4.24. The lowest BCUT2D eigenvalue weighted by Crippen LogP contribution is -1.95. The number of hydrogen-bond acceptors (Lipinski definition) is 2. The Kier molecular flexibility index (Phi) is 2.81. The lowest BCUT2D eigenvalue weighted by atomic mass is 10.2. The Morgan fingerprint density at radius 2 is 2.17 bits per heavy atom. The van der Waals surface area contributed by atoms with Crippen LogP contribution in [0.2, 0.25) is 0 Å². The Hall–Kier alpha value is -0.460. The van der Waals surface area contributed by atoms with E-state index in [9.17, 15) is 8.78 Å². The third kappa shape index (κ3) is 1.82. The summed E-state index contributed by atoms with van der Waals surface area (Å²) in [7, 11) is 0. The molecule has 0 spiro atoms. The van der Waals surface area contributed by atoms with Gasteiger partial charge < -0.3 is 5.11 Å². The molecule has 0 saturated carbocycles. The van der Waals surface area contributed by atoms with Crippen molar-refractivity contribution in [2.75, 3.05) is 0 Å². The van der Waals surface area contributed by atoms with Crippen LogP contribution in [0.3, 0.4) is 0 Å². The molecule has 0 aliphatic heterocycles. The van der Waals surface area contributed by atoms with Crippen molar-refractivity contribution in [2.24, 2.45) is 0 Å². The fourth-order valence-electron chi connectivity index (χ4n) is 0.801. The van der Waals surface area contributed by atoms with Crippen LogP contribution in [-0.2, 0) is 0 Å². The average molecular weight is 285 g/mol. The molecule has 0 fully saturated rings. The molecule has 0 unspecified atom stereocenters. The fourth-order valence-corrected chi connectivity index (χ4v) is 1.32. The van der Waals surface area contributed by atoms with Crippen LogP contribution in [0.25, 0.3) is 0 Å². The average Bonchev–Trinajstić information content (AvgIpc) is 1.96. The number of aryl methyl sites for hydroxylation is 1. The summed E-state index contributed by atoms with van der Waals surface area (Å²) in [6, 6.07) is 1.05. The second-order valence-corrected chi connectivity index (χ2v) is 3.30. The van der Waals surface area contributed by atoms with Gasteiger partial charge in [-0.25, -0.2) is 13.8 Å². The topological polar surface area (TPSA) is 33.1 Å². The highest BCUT2D eigenvalue weighted by atomic mass is 127. The van der Waals surface area contributed by atoms with E-state index in [-0.39, 0.29) is 17.0 Å². The van der Waals surface area contributed by atoms with Gasteiger partial charge in [0.2, 0.25) is 0 Å². The van der Waals surface area contributed by atoms with E-state index in [1.165, 1.54) is 6.92 Å². The number of aromatic hydroxyl groups is 1. The summed E-state index contributed by atoms with van der Waals surface area (Å²) >= 11 is 1.78. The zero-order valence-electron chi connectivity index (χ0n) is 6.18. The number of aromatic nitrogens is 1. The molecule has 0 aliphatic carbocycles. The fraction of sp³-hybridized carbons (Fsp3) is 0.286. The Balaban J connectivity index is 3.23. The van der Waals surface area contributed by atoms with Gasteiger partial charge >= 0.3 is 0 Å². The van der Waals surface area contributed by atoms with Crippen LogP contribution in [-0.4, -0.2) is 10.1 Å². The summed E-state index contributed by atoms with van der Waals surface area (Å²) in [4.78, 5) is 3.75. The molecule has 5 heteroatoms. The summed E-state index contributed by atoms with van der Waals surface area (Å²) in [5.41, 5.74) is 0.0418. The van der Waals surface area contributed by atoms with E-state index < -0.39 is 6.43 Å². The molecule has 0 radical (unpaired) electrons. The highest BCUT2D eigenvalue weighted by molar-refractivity contribution is 14.1. The van der Waals surface area contributed by atoms with Crippen molar-refractivity contribution >= 4 is 22.6 Å². The molecule has 0 amide bonds. The van der Waals surface area contributed by atoms with Gasteiger partial charge in [-0.15, -0.1) is 0 Å². The van der Waals surface area contributed by atoms with Crippen molar-refractivity contribution in [3.8, 4) is 5.75 Å². The molecular formula is C7H6F2INO. The SMILES string of the molecule is Cc1nc(I)c(O)cc1C(F)F. The normalized spacial score (nSPS) is 10.8. The van der Waals surface area contributed by atoms with Gasteiger partial charge in [-0.3, -0.25) is 0 Å². The molecule has 1 aromatic heterocycles. The van der Waals surface area contributed by atoms with Crippen molar-refractivity contribution in [3.63, 3.8) is 0 Å².